The summed E-state index contributed by atoms with van der Waals surface area (Å²) in [5.41, 5.74) is 6.92. The maximum atomic E-state index is 6.07. The van der Waals surface area contributed by atoms with Gasteiger partial charge in [-0.15, -0.1) is 0 Å². The molecule has 0 saturated carbocycles. The number of hydrogen-bond acceptors (Lipinski definition) is 1. The summed E-state index contributed by atoms with van der Waals surface area (Å²) in [7, 11) is 0. The van der Waals surface area contributed by atoms with Crippen molar-refractivity contribution in [2.24, 2.45) is 0 Å². The van der Waals surface area contributed by atoms with E-state index < -0.39 is 0 Å². The van der Waals surface area contributed by atoms with Gasteiger partial charge in [0, 0.05) is 16.8 Å². The molecule has 0 unspecified atom stereocenters. The van der Waals surface area contributed by atoms with E-state index in [9.17, 15) is 0 Å². The molecule has 0 spiro atoms. The Bertz CT molecular complexity index is 830. The topological polar surface area (TPSA) is 25.3 Å². The normalized spacial score (nSPS) is 11.8. The zero-order chi connectivity index (χ0) is 11.4. The predicted molar refractivity (Wildman–Crippen MR) is 71.7 cm³/mol. The molecular weight excluding hydrogens is 206 g/mol. The zero-order valence-electron chi connectivity index (χ0n) is 9.27. The van der Waals surface area contributed by atoms with Gasteiger partial charge < -0.3 is 0 Å². The summed E-state index contributed by atoms with van der Waals surface area (Å²) in [5.74, 6) is 0. The van der Waals surface area contributed by atoms with Crippen molar-refractivity contribution in [2.75, 3.05) is 0 Å². The Labute approximate surface area is 98.8 Å². The highest BCUT2D eigenvalue weighted by molar-refractivity contribution is 6.24. The molecule has 0 bridgehead atoms. The molecule has 79 valence electrons. The molecule has 4 rings (SSSR count). The number of nitrogen functional groups attached to an aromatic ring is 1. The molecule has 4 aromatic rings. The minimum absolute atomic E-state index is 0.857. The fourth-order valence-corrected chi connectivity index (χ4v) is 2.76. The molecule has 0 aliphatic carbocycles. The lowest BCUT2D eigenvalue weighted by molar-refractivity contribution is -0.252. The molecule has 1 radical (unpaired) electrons. The molecule has 0 heterocycles. The molecular formula is C16H11N+. The number of anilines is 1. The van der Waals surface area contributed by atoms with Gasteiger partial charge in [0.2, 0.25) is 0 Å². The summed E-state index contributed by atoms with van der Waals surface area (Å²) in [5, 5.41) is 7.61. The van der Waals surface area contributed by atoms with Crippen LogP contribution < -0.4 is 5.73 Å². The minimum atomic E-state index is 0.857. The third-order valence-electron chi connectivity index (χ3n) is 3.56. The van der Waals surface area contributed by atoms with E-state index in [1.165, 1.54) is 26.9 Å². The van der Waals surface area contributed by atoms with E-state index >= 15 is 0 Å². The molecule has 17 heavy (non-hydrogen) atoms. The Hall–Kier alpha value is -2.12. The first-order valence-corrected chi connectivity index (χ1v) is 5.76. The molecule has 0 amide bonds. The van der Waals surface area contributed by atoms with Crippen molar-refractivity contribution in [3.8, 4) is 0 Å². The van der Waals surface area contributed by atoms with E-state index in [0.717, 1.165) is 11.1 Å². The van der Waals surface area contributed by atoms with Crippen molar-refractivity contribution in [3.63, 3.8) is 0 Å². The minimum Gasteiger partial charge on any atom is -0.159 e. The first-order valence-electron chi connectivity index (χ1n) is 5.76. The Balaban J connectivity index is 2.48. The van der Waals surface area contributed by atoms with Crippen LogP contribution in [-0.2, 0) is 0 Å². The van der Waals surface area contributed by atoms with Gasteiger partial charge in [0.1, 0.15) is 0 Å². The fraction of sp³-hybridized carbons (Fsp3) is 0. The van der Waals surface area contributed by atoms with Gasteiger partial charge >= 0.3 is 0 Å². The van der Waals surface area contributed by atoms with Crippen molar-refractivity contribution < 1.29 is 5.73 Å². The quantitative estimate of drug-likeness (QED) is 0.345. The molecule has 0 aromatic heterocycles. The van der Waals surface area contributed by atoms with Crippen molar-refractivity contribution in [2.45, 2.75) is 0 Å². The average Bonchev–Trinajstić information content (AvgIpc) is 2.38. The highest BCUT2D eigenvalue weighted by Crippen LogP contribution is 2.35. The summed E-state index contributed by atoms with van der Waals surface area (Å²) in [6, 6.07) is 19.1. The Kier molecular flexibility index (Phi) is 1.56. The largest absolute Gasteiger partial charge is 0.185 e. The molecule has 1 heteroatoms. The number of rotatable bonds is 0. The highest BCUT2D eigenvalue weighted by atomic mass is 14.5. The Morgan fingerprint density at radius 3 is 1.94 bits per heavy atom. The first kappa shape index (κ1) is 8.97. The lowest BCUT2D eigenvalue weighted by Gasteiger charge is -2.09. The second-order valence-corrected chi connectivity index (χ2v) is 4.51. The maximum absolute atomic E-state index is 6.07. The molecule has 2 N–H and O–H groups in total. The molecule has 0 fully saturated rings. The number of nitrogens with two attached hydrogens (primary N) is 1. The summed E-state index contributed by atoms with van der Waals surface area (Å²) in [6.45, 7) is 0. The summed E-state index contributed by atoms with van der Waals surface area (Å²) >= 11 is 0. The van der Waals surface area contributed by atoms with Crippen molar-refractivity contribution >= 4 is 38.0 Å². The van der Waals surface area contributed by atoms with Gasteiger partial charge in [-0.2, -0.15) is 5.73 Å². The van der Waals surface area contributed by atoms with E-state index in [0.29, 0.717) is 0 Å². The van der Waals surface area contributed by atoms with Crippen molar-refractivity contribution in [1.82, 2.24) is 0 Å². The molecule has 0 aliphatic rings. The Morgan fingerprint density at radius 2 is 1.18 bits per heavy atom. The van der Waals surface area contributed by atoms with Crippen LogP contribution in [0.15, 0.2) is 54.6 Å². The van der Waals surface area contributed by atoms with Gasteiger partial charge in [-0.25, -0.2) is 0 Å². The van der Waals surface area contributed by atoms with Crippen LogP contribution >= 0.6 is 0 Å². The van der Waals surface area contributed by atoms with Crippen LogP contribution in [0.5, 0.6) is 0 Å². The van der Waals surface area contributed by atoms with Crippen LogP contribution in [0, 0.1) is 0 Å². The summed E-state index contributed by atoms with van der Waals surface area (Å²) in [6.07, 6.45) is 0. The van der Waals surface area contributed by atoms with Gasteiger partial charge in [-0.1, -0.05) is 36.4 Å². The number of benzene rings is 4. The fourth-order valence-electron chi connectivity index (χ4n) is 2.76. The third-order valence-corrected chi connectivity index (χ3v) is 3.56. The van der Waals surface area contributed by atoms with Crippen LogP contribution in [0.3, 0.4) is 0 Å². The van der Waals surface area contributed by atoms with Gasteiger partial charge in [0.25, 0.3) is 0 Å². The van der Waals surface area contributed by atoms with E-state index in [-0.39, 0.29) is 0 Å². The zero-order valence-corrected chi connectivity index (χ0v) is 9.27. The smallest absolute Gasteiger partial charge is 0.159 e. The average molecular weight is 217 g/mol. The standard InChI is InChI=1S/C16H11N/c17-14-9-7-12-5-4-10-2-1-3-11-6-8-13(14)16(12)15(10)11/h1-9H,17H2/q+1. The molecule has 4 aromatic carbocycles. The third kappa shape index (κ3) is 1.07. The highest BCUT2D eigenvalue weighted by Gasteiger charge is 2.10. The van der Waals surface area contributed by atoms with Gasteiger partial charge in [0.05, 0.1) is 0 Å². The van der Waals surface area contributed by atoms with Crippen molar-refractivity contribution in [1.29, 1.82) is 0 Å². The molecule has 0 saturated heterocycles. The van der Waals surface area contributed by atoms with Gasteiger partial charge in [0.15, 0.2) is 5.69 Å². The number of hydrogen-bond donors (Lipinski definition) is 1. The van der Waals surface area contributed by atoms with E-state index in [1.54, 1.807) is 0 Å². The maximum Gasteiger partial charge on any atom is 0.185 e. The van der Waals surface area contributed by atoms with Gasteiger partial charge in [-0.05, 0) is 33.7 Å². The van der Waals surface area contributed by atoms with Gasteiger partial charge in [-0.3, -0.25) is 0 Å². The van der Waals surface area contributed by atoms with Crippen LogP contribution in [0.1, 0.15) is 0 Å². The van der Waals surface area contributed by atoms with Crippen molar-refractivity contribution in [3.05, 3.63) is 54.6 Å². The van der Waals surface area contributed by atoms with Crippen LogP contribution in [0.2, 0.25) is 0 Å². The van der Waals surface area contributed by atoms with Crippen LogP contribution in [-0.4, -0.2) is 0 Å². The lowest BCUT2D eigenvalue weighted by atomic mass is 9.94. The second kappa shape index (κ2) is 2.96. The first-order chi connectivity index (χ1) is 8.34. The SMILES string of the molecule is [NH2+]c1ccc2ccc3cccc4ccc1c2c34. The molecule has 0 atom stereocenters. The lowest BCUT2D eigenvalue weighted by Crippen LogP contribution is -2.40. The summed E-state index contributed by atoms with van der Waals surface area (Å²) in [4.78, 5) is 0. The Morgan fingerprint density at radius 1 is 0.588 bits per heavy atom. The molecule has 0 aliphatic heterocycles. The van der Waals surface area contributed by atoms with E-state index in [1.807, 2.05) is 6.07 Å². The second-order valence-electron chi connectivity index (χ2n) is 4.51. The van der Waals surface area contributed by atoms with Crippen LogP contribution in [0.4, 0.5) is 5.69 Å². The predicted octanol–water partition coefficient (Wildman–Crippen LogP) is 3.24. The van der Waals surface area contributed by atoms with E-state index in [2.05, 4.69) is 48.5 Å². The van der Waals surface area contributed by atoms with E-state index in [4.69, 9.17) is 5.73 Å². The van der Waals surface area contributed by atoms with Crippen LogP contribution in [0.25, 0.3) is 32.3 Å². The monoisotopic (exact) mass is 217 g/mol. The summed E-state index contributed by atoms with van der Waals surface area (Å²) < 4.78 is 0. The molecule has 1 nitrogen and oxygen atoms in total.